The van der Waals surface area contributed by atoms with Crippen LogP contribution in [0, 0.1) is 17.8 Å². The SMILES string of the molecule is O=C(CC1CC2CCC1C2)Nc1ccc(Oc2ccc3ccccc3c2Cl)c(Cl)c1. The van der Waals surface area contributed by atoms with Crippen LogP contribution in [0.15, 0.2) is 54.6 Å². The van der Waals surface area contributed by atoms with Crippen molar-refractivity contribution >= 4 is 45.6 Å². The summed E-state index contributed by atoms with van der Waals surface area (Å²) in [6.07, 6.45) is 5.76. The molecule has 0 saturated heterocycles. The number of carbonyl (C=O) groups excluding carboxylic acids is 1. The van der Waals surface area contributed by atoms with Crippen LogP contribution in [0.25, 0.3) is 10.8 Å². The van der Waals surface area contributed by atoms with Crippen LogP contribution in [0.3, 0.4) is 0 Å². The molecular weight excluding hydrogens is 417 g/mol. The first-order valence-electron chi connectivity index (χ1n) is 10.5. The van der Waals surface area contributed by atoms with Gasteiger partial charge in [-0.3, -0.25) is 4.79 Å². The number of hydrogen-bond acceptors (Lipinski definition) is 2. The molecule has 0 radical (unpaired) electrons. The van der Waals surface area contributed by atoms with Gasteiger partial charge in [-0.05, 0) is 66.7 Å². The smallest absolute Gasteiger partial charge is 0.224 e. The largest absolute Gasteiger partial charge is 0.454 e. The van der Waals surface area contributed by atoms with Crippen LogP contribution in [-0.4, -0.2) is 5.91 Å². The Balaban J connectivity index is 1.27. The van der Waals surface area contributed by atoms with E-state index in [-0.39, 0.29) is 5.91 Å². The van der Waals surface area contributed by atoms with E-state index in [9.17, 15) is 4.79 Å². The van der Waals surface area contributed by atoms with Gasteiger partial charge in [0.2, 0.25) is 5.91 Å². The molecule has 3 nitrogen and oxygen atoms in total. The number of rotatable bonds is 5. The minimum atomic E-state index is 0.0647. The molecule has 3 atom stereocenters. The van der Waals surface area contributed by atoms with E-state index >= 15 is 0 Å². The van der Waals surface area contributed by atoms with Crippen molar-refractivity contribution in [2.75, 3.05) is 5.32 Å². The maximum atomic E-state index is 12.5. The predicted molar refractivity (Wildman–Crippen MR) is 123 cm³/mol. The second-order valence-corrected chi connectivity index (χ2v) is 9.32. The molecule has 3 aromatic rings. The molecule has 0 aromatic heterocycles. The van der Waals surface area contributed by atoms with Gasteiger partial charge in [0, 0.05) is 17.5 Å². The minimum Gasteiger partial charge on any atom is -0.454 e. The Kier molecular flexibility index (Phi) is 5.34. The fraction of sp³-hybridized carbons (Fsp3) is 0.320. The van der Waals surface area contributed by atoms with Gasteiger partial charge in [0.25, 0.3) is 0 Å². The Labute approximate surface area is 186 Å². The van der Waals surface area contributed by atoms with Crippen LogP contribution in [0.2, 0.25) is 10.0 Å². The number of amides is 1. The molecule has 2 aliphatic carbocycles. The van der Waals surface area contributed by atoms with E-state index in [4.69, 9.17) is 27.9 Å². The monoisotopic (exact) mass is 439 g/mol. The molecule has 2 fully saturated rings. The van der Waals surface area contributed by atoms with Crippen molar-refractivity contribution in [2.24, 2.45) is 17.8 Å². The highest BCUT2D eigenvalue weighted by atomic mass is 35.5. The van der Waals surface area contributed by atoms with Crippen molar-refractivity contribution in [1.29, 1.82) is 0 Å². The van der Waals surface area contributed by atoms with E-state index in [1.165, 1.54) is 25.7 Å². The Bertz CT molecular complexity index is 1110. The Hall–Kier alpha value is -2.23. The predicted octanol–water partition coefficient (Wildman–Crippen LogP) is 7.70. The highest BCUT2D eigenvalue weighted by molar-refractivity contribution is 6.37. The topological polar surface area (TPSA) is 38.3 Å². The molecule has 0 aliphatic heterocycles. The molecule has 0 heterocycles. The van der Waals surface area contributed by atoms with E-state index < -0.39 is 0 Å². The lowest BCUT2D eigenvalue weighted by molar-refractivity contribution is -0.117. The van der Waals surface area contributed by atoms with Gasteiger partial charge < -0.3 is 10.1 Å². The zero-order valence-electron chi connectivity index (χ0n) is 16.5. The van der Waals surface area contributed by atoms with Crippen molar-refractivity contribution < 1.29 is 9.53 Å². The number of anilines is 1. The van der Waals surface area contributed by atoms with Gasteiger partial charge in [0.1, 0.15) is 11.5 Å². The number of benzene rings is 3. The summed E-state index contributed by atoms with van der Waals surface area (Å²) in [4.78, 5) is 12.5. The number of ether oxygens (including phenoxy) is 1. The highest BCUT2D eigenvalue weighted by Gasteiger charge is 2.40. The third-order valence-electron chi connectivity index (χ3n) is 6.60. The van der Waals surface area contributed by atoms with E-state index in [0.29, 0.717) is 39.6 Å². The molecule has 154 valence electrons. The molecule has 2 saturated carbocycles. The molecule has 3 unspecified atom stereocenters. The van der Waals surface area contributed by atoms with Gasteiger partial charge in [0.15, 0.2) is 0 Å². The van der Waals surface area contributed by atoms with Crippen molar-refractivity contribution in [1.82, 2.24) is 0 Å². The summed E-state index contributed by atoms with van der Waals surface area (Å²) >= 11 is 13.0. The third-order valence-corrected chi connectivity index (χ3v) is 7.28. The molecule has 2 aliphatic rings. The van der Waals surface area contributed by atoms with Crippen LogP contribution in [0.5, 0.6) is 11.5 Å². The molecule has 1 N–H and O–H groups in total. The van der Waals surface area contributed by atoms with Gasteiger partial charge in [-0.1, -0.05) is 60.0 Å². The van der Waals surface area contributed by atoms with Crippen molar-refractivity contribution in [2.45, 2.75) is 32.1 Å². The van der Waals surface area contributed by atoms with Crippen LogP contribution in [0.4, 0.5) is 5.69 Å². The fourth-order valence-electron chi connectivity index (χ4n) is 5.15. The number of fused-ring (bicyclic) bond motifs is 3. The molecular formula is C25H23Cl2NO2. The van der Waals surface area contributed by atoms with E-state index in [0.717, 1.165) is 22.6 Å². The number of halogens is 2. The molecule has 0 spiro atoms. The number of nitrogens with one attached hydrogen (secondary N) is 1. The van der Waals surface area contributed by atoms with Gasteiger partial charge in [-0.15, -0.1) is 0 Å². The van der Waals surface area contributed by atoms with Crippen molar-refractivity contribution in [3.8, 4) is 11.5 Å². The summed E-state index contributed by atoms with van der Waals surface area (Å²) in [7, 11) is 0. The normalized spacial score (nSPS) is 22.4. The quantitative estimate of drug-likeness (QED) is 0.441. The van der Waals surface area contributed by atoms with Gasteiger partial charge >= 0.3 is 0 Å². The average Bonchev–Trinajstić information content (AvgIpc) is 3.35. The standard InChI is InChI=1S/C25H23Cl2NO2/c26-21-14-19(28-24(29)13-18-12-15-5-6-17(18)11-15)8-10-22(21)30-23-9-7-16-3-1-2-4-20(16)25(23)27/h1-4,7-10,14-15,17-18H,5-6,11-13H2,(H,28,29). The Morgan fingerprint density at radius 2 is 1.83 bits per heavy atom. The first-order chi connectivity index (χ1) is 14.6. The highest BCUT2D eigenvalue weighted by Crippen LogP contribution is 2.49. The van der Waals surface area contributed by atoms with E-state index in [1.54, 1.807) is 12.1 Å². The maximum absolute atomic E-state index is 12.5. The lowest BCUT2D eigenvalue weighted by atomic mass is 9.86. The summed E-state index contributed by atoms with van der Waals surface area (Å²) in [6.45, 7) is 0. The molecule has 30 heavy (non-hydrogen) atoms. The third kappa shape index (κ3) is 3.89. The number of carbonyl (C=O) groups is 1. The zero-order valence-corrected chi connectivity index (χ0v) is 18.0. The van der Waals surface area contributed by atoms with Gasteiger partial charge in [-0.2, -0.15) is 0 Å². The van der Waals surface area contributed by atoms with Crippen molar-refractivity contribution in [3.05, 3.63) is 64.6 Å². The molecule has 2 bridgehead atoms. The minimum absolute atomic E-state index is 0.0647. The van der Waals surface area contributed by atoms with Crippen LogP contribution in [-0.2, 0) is 4.79 Å². The van der Waals surface area contributed by atoms with Crippen LogP contribution in [0.1, 0.15) is 32.1 Å². The molecule has 3 aromatic carbocycles. The zero-order chi connectivity index (χ0) is 20.7. The van der Waals surface area contributed by atoms with E-state index in [2.05, 4.69) is 5.32 Å². The lowest BCUT2D eigenvalue weighted by Gasteiger charge is -2.21. The summed E-state index contributed by atoms with van der Waals surface area (Å²) in [6, 6.07) is 17.0. The fourth-order valence-corrected chi connectivity index (χ4v) is 5.64. The average molecular weight is 440 g/mol. The second kappa shape index (κ2) is 8.13. The Morgan fingerprint density at radius 3 is 2.60 bits per heavy atom. The lowest BCUT2D eigenvalue weighted by Crippen LogP contribution is -2.20. The number of hydrogen-bond donors (Lipinski definition) is 1. The first kappa shape index (κ1) is 19.7. The second-order valence-electron chi connectivity index (χ2n) is 8.53. The van der Waals surface area contributed by atoms with E-state index in [1.807, 2.05) is 42.5 Å². The summed E-state index contributed by atoms with van der Waals surface area (Å²) in [5, 5.41) is 5.95. The first-order valence-corrected chi connectivity index (χ1v) is 11.3. The molecule has 1 amide bonds. The summed E-state index contributed by atoms with van der Waals surface area (Å²) < 4.78 is 5.97. The summed E-state index contributed by atoms with van der Waals surface area (Å²) in [5.41, 5.74) is 0.685. The van der Waals surface area contributed by atoms with Crippen LogP contribution < -0.4 is 10.1 Å². The molecule has 5 rings (SSSR count). The van der Waals surface area contributed by atoms with Crippen LogP contribution >= 0.6 is 23.2 Å². The maximum Gasteiger partial charge on any atom is 0.224 e. The Morgan fingerprint density at radius 1 is 1.00 bits per heavy atom. The van der Waals surface area contributed by atoms with Gasteiger partial charge in [0.05, 0.1) is 10.0 Å². The van der Waals surface area contributed by atoms with Crippen molar-refractivity contribution in [3.63, 3.8) is 0 Å². The van der Waals surface area contributed by atoms with Gasteiger partial charge in [-0.25, -0.2) is 0 Å². The molecule has 5 heteroatoms. The summed E-state index contributed by atoms with van der Waals surface area (Å²) in [5.74, 6) is 3.24.